The third kappa shape index (κ3) is 4.22. The van der Waals surface area contributed by atoms with E-state index >= 15 is 0 Å². The molecule has 2 rings (SSSR count). The summed E-state index contributed by atoms with van der Waals surface area (Å²) in [7, 11) is 0. The fourth-order valence-corrected chi connectivity index (χ4v) is 1.17. The normalized spacial score (nSPS) is 9.19. The molecule has 16 heavy (non-hydrogen) atoms. The maximum absolute atomic E-state index is 4.10. The van der Waals surface area contributed by atoms with Crippen LogP contribution in [0.4, 0.5) is 0 Å². The minimum atomic E-state index is 1.03. The molecule has 0 unspecified atom stereocenters. The predicted octanol–water partition coefficient (Wildman–Crippen LogP) is 3.34. The Balaban J connectivity index is 0.000000160. The number of hydrogen-bond acceptors (Lipinski definition) is 2. The van der Waals surface area contributed by atoms with Crippen LogP contribution in [-0.4, -0.2) is 9.97 Å². The quantitative estimate of drug-likeness (QED) is 0.727. The van der Waals surface area contributed by atoms with Gasteiger partial charge in [0.15, 0.2) is 0 Å². The number of aromatic nitrogens is 2. The van der Waals surface area contributed by atoms with Crippen molar-refractivity contribution in [3.63, 3.8) is 0 Å². The average molecular weight is 214 g/mol. The third-order valence-electron chi connectivity index (χ3n) is 2.36. The summed E-state index contributed by atoms with van der Waals surface area (Å²) in [5, 5.41) is 0. The summed E-state index contributed by atoms with van der Waals surface area (Å²) in [5.74, 6) is 0. The van der Waals surface area contributed by atoms with Crippen molar-refractivity contribution >= 4 is 0 Å². The molecule has 0 bridgehead atoms. The smallest absolute Gasteiger partial charge is 0.0401 e. The first-order valence-electron chi connectivity index (χ1n) is 5.52. The van der Waals surface area contributed by atoms with Crippen LogP contribution in [0.2, 0.25) is 0 Å². The van der Waals surface area contributed by atoms with Crippen molar-refractivity contribution in [2.24, 2.45) is 0 Å². The van der Waals surface area contributed by atoms with E-state index in [1.54, 1.807) is 0 Å². The van der Waals surface area contributed by atoms with E-state index in [0.29, 0.717) is 0 Å². The molecule has 2 heteroatoms. The third-order valence-corrected chi connectivity index (χ3v) is 2.36. The summed E-state index contributed by atoms with van der Waals surface area (Å²) < 4.78 is 0. The zero-order chi connectivity index (χ0) is 11.8. The van der Waals surface area contributed by atoms with Crippen molar-refractivity contribution in [3.05, 3.63) is 59.7 Å². The monoisotopic (exact) mass is 214 g/mol. The van der Waals surface area contributed by atoms with Gasteiger partial charge in [0.25, 0.3) is 0 Å². The zero-order valence-electron chi connectivity index (χ0n) is 10.1. The van der Waals surface area contributed by atoms with Gasteiger partial charge in [0.2, 0.25) is 0 Å². The highest BCUT2D eigenvalue weighted by atomic mass is 14.7. The van der Waals surface area contributed by atoms with E-state index in [0.717, 1.165) is 17.8 Å². The van der Waals surface area contributed by atoms with E-state index in [2.05, 4.69) is 29.9 Å². The van der Waals surface area contributed by atoms with Crippen LogP contribution in [0.3, 0.4) is 0 Å². The van der Waals surface area contributed by atoms with Gasteiger partial charge in [0, 0.05) is 23.8 Å². The highest BCUT2D eigenvalue weighted by Crippen LogP contribution is 1.98. The molecule has 0 amide bonds. The summed E-state index contributed by atoms with van der Waals surface area (Å²) in [4.78, 5) is 8.18. The average Bonchev–Trinajstić information content (AvgIpc) is 2.35. The highest BCUT2D eigenvalue weighted by molar-refractivity contribution is 5.15. The van der Waals surface area contributed by atoms with Gasteiger partial charge < -0.3 is 0 Å². The Morgan fingerprint density at radius 2 is 1.69 bits per heavy atom. The lowest BCUT2D eigenvalue weighted by molar-refractivity contribution is 1.04. The van der Waals surface area contributed by atoms with Gasteiger partial charge in [-0.2, -0.15) is 0 Å². The lowest BCUT2D eigenvalue weighted by atomic mass is 10.2. The van der Waals surface area contributed by atoms with Crippen LogP contribution in [0.25, 0.3) is 0 Å². The van der Waals surface area contributed by atoms with E-state index in [1.165, 1.54) is 5.56 Å². The summed E-state index contributed by atoms with van der Waals surface area (Å²) in [5.41, 5.74) is 3.53. The van der Waals surface area contributed by atoms with Gasteiger partial charge in [-0.15, -0.1) is 0 Å². The summed E-state index contributed by atoms with van der Waals surface area (Å²) >= 11 is 0. The molecule has 2 nitrogen and oxygen atoms in total. The molecular formula is C14H18N2. The van der Waals surface area contributed by atoms with E-state index in [9.17, 15) is 0 Å². The fraction of sp³-hybridized carbons (Fsp3) is 0.286. The number of hydrogen-bond donors (Lipinski definition) is 0. The number of nitrogens with zero attached hydrogens (tertiary/aromatic N) is 2. The van der Waals surface area contributed by atoms with Crippen molar-refractivity contribution in [1.29, 1.82) is 0 Å². The summed E-state index contributed by atoms with van der Waals surface area (Å²) in [6.07, 6.45) is 4.65. The van der Waals surface area contributed by atoms with Crippen LogP contribution in [0.5, 0.6) is 0 Å². The Hall–Kier alpha value is -1.70. The highest BCUT2D eigenvalue weighted by Gasteiger charge is 1.85. The molecule has 0 fully saturated rings. The summed E-state index contributed by atoms with van der Waals surface area (Å²) in [6, 6.07) is 9.97. The lowest BCUT2D eigenvalue weighted by Crippen LogP contribution is -1.81. The van der Waals surface area contributed by atoms with Crippen LogP contribution < -0.4 is 0 Å². The lowest BCUT2D eigenvalue weighted by Gasteiger charge is -1.92. The van der Waals surface area contributed by atoms with Crippen molar-refractivity contribution in [1.82, 2.24) is 9.97 Å². The molecule has 0 N–H and O–H groups in total. The summed E-state index contributed by atoms with van der Waals surface area (Å²) in [6.45, 7) is 6.17. The SMILES string of the molecule is CCc1ccccn1.Cc1cccnc1C. The van der Waals surface area contributed by atoms with E-state index in [-0.39, 0.29) is 0 Å². The van der Waals surface area contributed by atoms with E-state index in [1.807, 2.05) is 43.6 Å². The molecular weight excluding hydrogens is 196 g/mol. The molecule has 0 aromatic carbocycles. The van der Waals surface area contributed by atoms with Gasteiger partial charge in [0.1, 0.15) is 0 Å². The number of aryl methyl sites for hydroxylation is 3. The fourth-order valence-electron chi connectivity index (χ4n) is 1.17. The molecule has 0 spiro atoms. The van der Waals surface area contributed by atoms with Crippen molar-refractivity contribution < 1.29 is 0 Å². The van der Waals surface area contributed by atoms with Crippen molar-refractivity contribution in [2.75, 3.05) is 0 Å². The maximum atomic E-state index is 4.10. The van der Waals surface area contributed by atoms with Crippen LogP contribution in [-0.2, 0) is 6.42 Å². The van der Waals surface area contributed by atoms with Gasteiger partial charge in [-0.3, -0.25) is 9.97 Å². The molecule has 0 aliphatic rings. The first kappa shape index (κ1) is 12.4. The van der Waals surface area contributed by atoms with Gasteiger partial charge >= 0.3 is 0 Å². The molecule has 84 valence electrons. The van der Waals surface area contributed by atoms with Crippen molar-refractivity contribution in [3.8, 4) is 0 Å². The Bertz CT molecular complexity index is 389. The molecule has 2 aromatic rings. The van der Waals surface area contributed by atoms with Gasteiger partial charge in [-0.05, 0) is 44.0 Å². The van der Waals surface area contributed by atoms with Gasteiger partial charge in [0.05, 0.1) is 0 Å². The minimum absolute atomic E-state index is 1.03. The van der Waals surface area contributed by atoms with Gasteiger partial charge in [-0.1, -0.05) is 19.1 Å². The Labute approximate surface area is 97.4 Å². The molecule has 2 heterocycles. The minimum Gasteiger partial charge on any atom is -0.261 e. The van der Waals surface area contributed by atoms with Crippen LogP contribution in [0, 0.1) is 13.8 Å². The molecule has 0 aliphatic carbocycles. The Kier molecular flexibility index (Phi) is 5.20. The molecule has 0 atom stereocenters. The topological polar surface area (TPSA) is 25.8 Å². The molecule has 0 saturated carbocycles. The van der Waals surface area contributed by atoms with Crippen LogP contribution in [0.1, 0.15) is 23.9 Å². The van der Waals surface area contributed by atoms with Crippen LogP contribution in [0.15, 0.2) is 42.7 Å². The first-order valence-corrected chi connectivity index (χ1v) is 5.52. The van der Waals surface area contributed by atoms with Crippen molar-refractivity contribution in [2.45, 2.75) is 27.2 Å². The number of pyridine rings is 2. The Morgan fingerprint density at radius 1 is 0.938 bits per heavy atom. The van der Waals surface area contributed by atoms with Gasteiger partial charge in [-0.25, -0.2) is 0 Å². The van der Waals surface area contributed by atoms with E-state index in [4.69, 9.17) is 0 Å². The molecule has 0 saturated heterocycles. The number of rotatable bonds is 1. The largest absolute Gasteiger partial charge is 0.261 e. The first-order chi connectivity index (χ1) is 7.74. The standard InChI is InChI=1S/2C7H9N/c1-6-4-3-5-8-7(6)2;1-2-7-5-3-4-6-8-7/h3-5H,1-2H3;3-6H,2H2,1H3. The Morgan fingerprint density at radius 3 is 2.06 bits per heavy atom. The van der Waals surface area contributed by atoms with E-state index < -0.39 is 0 Å². The zero-order valence-corrected chi connectivity index (χ0v) is 10.1. The second-order valence-electron chi connectivity index (χ2n) is 3.58. The van der Waals surface area contributed by atoms with Crippen LogP contribution >= 0.6 is 0 Å². The molecule has 0 aliphatic heterocycles. The maximum Gasteiger partial charge on any atom is 0.0401 e. The predicted molar refractivity (Wildman–Crippen MR) is 67.3 cm³/mol. The second kappa shape index (κ2) is 6.72. The second-order valence-corrected chi connectivity index (χ2v) is 3.58. The molecule has 0 radical (unpaired) electrons. The molecule has 2 aromatic heterocycles.